The molecule has 23 heavy (non-hydrogen) atoms. The van der Waals surface area contributed by atoms with Crippen LogP contribution in [-0.2, 0) is 17.8 Å². The van der Waals surface area contributed by atoms with Crippen LogP contribution in [0.1, 0.15) is 11.1 Å². The third-order valence-electron chi connectivity index (χ3n) is 3.29. The molecule has 0 radical (unpaired) electrons. The lowest BCUT2D eigenvalue weighted by atomic mass is 10.2. The summed E-state index contributed by atoms with van der Waals surface area (Å²) in [5.74, 6) is -0.0889. The Morgan fingerprint density at radius 1 is 1.13 bits per heavy atom. The molecule has 116 valence electrons. The molecule has 3 rings (SSSR count). The molecule has 2 aromatic heterocycles. The minimum absolute atomic E-state index is 0.0889. The second kappa shape index (κ2) is 7.07. The van der Waals surface area contributed by atoms with Crippen molar-refractivity contribution >= 4 is 23.2 Å². The molecular formula is C17H15ClN4O. The van der Waals surface area contributed by atoms with E-state index in [-0.39, 0.29) is 12.3 Å². The van der Waals surface area contributed by atoms with Crippen LogP contribution in [0.25, 0.3) is 0 Å². The van der Waals surface area contributed by atoms with Crippen LogP contribution in [-0.4, -0.2) is 20.7 Å². The van der Waals surface area contributed by atoms with E-state index >= 15 is 0 Å². The Balaban J connectivity index is 1.57. The standard InChI is InChI=1S/C17H15ClN4O/c18-16-7-4-14(11-19-16)10-17(23)21-15-5-2-13(3-6-15)12-22-9-1-8-20-22/h1-9,11H,10,12H2,(H,21,23). The summed E-state index contributed by atoms with van der Waals surface area (Å²) >= 11 is 5.73. The van der Waals surface area contributed by atoms with E-state index in [4.69, 9.17) is 11.6 Å². The zero-order valence-corrected chi connectivity index (χ0v) is 13.1. The van der Waals surface area contributed by atoms with Crippen LogP contribution in [0.2, 0.25) is 5.15 Å². The van der Waals surface area contributed by atoms with Crippen molar-refractivity contribution in [1.29, 1.82) is 0 Å². The molecule has 1 N–H and O–H groups in total. The van der Waals surface area contributed by atoms with Gasteiger partial charge in [0.05, 0.1) is 13.0 Å². The molecule has 0 aliphatic rings. The molecule has 0 saturated carbocycles. The minimum Gasteiger partial charge on any atom is -0.326 e. The smallest absolute Gasteiger partial charge is 0.228 e. The van der Waals surface area contributed by atoms with E-state index in [2.05, 4.69) is 15.4 Å². The highest BCUT2D eigenvalue weighted by Crippen LogP contribution is 2.12. The molecule has 0 spiro atoms. The van der Waals surface area contributed by atoms with Crippen LogP contribution in [0.4, 0.5) is 5.69 Å². The maximum Gasteiger partial charge on any atom is 0.228 e. The number of carbonyl (C=O) groups is 1. The van der Waals surface area contributed by atoms with Gasteiger partial charge in [-0.25, -0.2) is 4.98 Å². The first-order chi connectivity index (χ1) is 11.2. The molecule has 0 unspecified atom stereocenters. The average Bonchev–Trinajstić information content (AvgIpc) is 3.04. The van der Waals surface area contributed by atoms with Crippen molar-refractivity contribution in [3.05, 3.63) is 77.3 Å². The summed E-state index contributed by atoms with van der Waals surface area (Å²) in [6, 6.07) is 13.1. The van der Waals surface area contributed by atoms with Gasteiger partial charge in [0.15, 0.2) is 0 Å². The predicted octanol–water partition coefficient (Wildman–Crippen LogP) is 3.16. The number of rotatable bonds is 5. The van der Waals surface area contributed by atoms with Crippen LogP contribution in [0.5, 0.6) is 0 Å². The highest BCUT2D eigenvalue weighted by molar-refractivity contribution is 6.29. The van der Waals surface area contributed by atoms with Gasteiger partial charge in [-0.05, 0) is 35.4 Å². The van der Waals surface area contributed by atoms with Crippen molar-refractivity contribution < 1.29 is 4.79 Å². The van der Waals surface area contributed by atoms with Crippen molar-refractivity contribution in [2.24, 2.45) is 0 Å². The van der Waals surface area contributed by atoms with E-state index in [1.807, 2.05) is 41.2 Å². The van der Waals surface area contributed by atoms with E-state index < -0.39 is 0 Å². The topological polar surface area (TPSA) is 59.8 Å². The fraction of sp³-hybridized carbons (Fsp3) is 0.118. The molecule has 0 aliphatic carbocycles. The van der Waals surface area contributed by atoms with Gasteiger partial charge in [-0.2, -0.15) is 5.10 Å². The molecule has 0 saturated heterocycles. The number of hydrogen-bond donors (Lipinski definition) is 1. The molecule has 5 nitrogen and oxygen atoms in total. The number of nitrogens with one attached hydrogen (secondary N) is 1. The molecule has 0 bridgehead atoms. The average molecular weight is 327 g/mol. The maximum absolute atomic E-state index is 12.0. The number of nitrogens with zero attached hydrogens (tertiary/aromatic N) is 3. The molecule has 1 aromatic carbocycles. The summed E-state index contributed by atoms with van der Waals surface area (Å²) in [5.41, 5.74) is 2.71. The van der Waals surface area contributed by atoms with Crippen molar-refractivity contribution in [2.75, 3.05) is 5.32 Å². The first-order valence-electron chi connectivity index (χ1n) is 7.16. The summed E-state index contributed by atoms with van der Waals surface area (Å²) in [6.45, 7) is 0.706. The Hall–Kier alpha value is -2.66. The molecule has 1 amide bonds. The monoisotopic (exact) mass is 326 g/mol. The number of aromatic nitrogens is 3. The number of pyridine rings is 1. The van der Waals surface area contributed by atoms with Crippen LogP contribution in [0, 0.1) is 0 Å². The third-order valence-corrected chi connectivity index (χ3v) is 3.52. The summed E-state index contributed by atoms with van der Waals surface area (Å²) in [6.07, 6.45) is 5.53. The first kappa shape index (κ1) is 15.2. The Labute approximate surface area is 138 Å². The van der Waals surface area contributed by atoms with Gasteiger partial charge >= 0.3 is 0 Å². The Bertz CT molecular complexity index is 767. The van der Waals surface area contributed by atoms with Gasteiger partial charge in [0.1, 0.15) is 5.15 Å². The SMILES string of the molecule is O=C(Cc1ccc(Cl)nc1)Nc1ccc(Cn2cccn2)cc1. The molecule has 0 atom stereocenters. The predicted molar refractivity (Wildman–Crippen MR) is 89.4 cm³/mol. The second-order valence-corrected chi connectivity index (χ2v) is 5.50. The van der Waals surface area contributed by atoms with Gasteiger partial charge in [-0.3, -0.25) is 9.48 Å². The normalized spacial score (nSPS) is 10.5. The Morgan fingerprint density at radius 2 is 1.91 bits per heavy atom. The zero-order chi connectivity index (χ0) is 16.1. The lowest BCUT2D eigenvalue weighted by Crippen LogP contribution is -2.14. The van der Waals surface area contributed by atoms with Crippen LogP contribution < -0.4 is 5.32 Å². The fourth-order valence-electron chi connectivity index (χ4n) is 2.18. The summed E-state index contributed by atoms with van der Waals surface area (Å²) in [5, 5.41) is 7.45. The van der Waals surface area contributed by atoms with Crippen molar-refractivity contribution in [3.63, 3.8) is 0 Å². The molecule has 0 aliphatic heterocycles. The van der Waals surface area contributed by atoms with Crippen LogP contribution >= 0.6 is 11.6 Å². The molecular weight excluding hydrogens is 312 g/mol. The molecule has 2 heterocycles. The highest BCUT2D eigenvalue weighted by atomic mass is 35.5. The lowest BCUT2D eigenvalue weighted by Gasteiger charge is -2.07. The van der Waals surface area contributed by atoms with Crippen LogP contribution in [0.15, 0.2) is 61.1 Å². The number of anilines is 1. The van der Waals surface area contributed by atoms with E-state index in [1.54, 1.807) is 24.5 Å². The van der Waals surface area contributed by atoms with E-state index in [0.717, 1.165) is 16.8 Å². The van der Waals surface area contributed by atoms with E-state index in [0.29, 0.717) is 11.7 Å². The van der Waals surface area contributed by atoms with Crippen molar-refractivity contribution in [3.8, 4) is 0 Å². The van der Waals surface area contributed by atoms with Gasteiger partial charge in [0.25, 0.3) is 0 Å². The number of carbonyl (C=O) groups excluding carboxylic acids is 1. The lowest BCUT2D eigenvalue weighted by molar-refractivity contribution is -0.115. The van der Waals surface area contributed by atoms with Crippen LogP contribution in [0.3, 0.4) is 0 Å². The number of benzene rings is 1. The van der Waals surface area contributed by atoms with Gasteiger partial charge in [0, 0.05) is 24.3 Å². The number of amides is 1. The summed E-state index contributed by atoms with van der Waals surface area (Å²) in [4.78, 5) is 16.0. The van der Waals surface area contributed by atoms with E-state index in [9.17, 15) is 4.79 Å². The highest BCUT2D eigenvalue weighted by Gasteiger charge is 2.05. The largest absolute Gasteiger partial charge is 0.326 e. The Morgan fingerprint density at radius 3 is 2.57 bits per heavy atom. The molecule has 3 aromatic rings. The second-order valence-electron chi connectivity index (χ2n) is 5.11. The Kier molecular flexibility index (Phi) is 4.68. The number of halogens is 1. The van der Waals surface area contributed by atoms with Gasteiger partial charge < -0.3 is 5.32 Å². The van der Waals surface area contributed by atoms with Crippen molar-refractivity contribution in [2.45, 2.75) is 13.0 Å². The first-order valence-corrected chi connectivity index (χ1v) is 7.53. The fourth-order valence-corrected chi connectivity index (χ4v) is 2.29. The minimum atomic E-state index is -0.0889. The van der Waals surface area contributed by atoms with Gasteiger partial charge in [-0.1, -0.05) is 29.8 Å². The van der Waals surface area contributed by atoms with Gasteiger partial charge in [-0.15, -0.1) is 0 Å². The summed E-state index contributed by atoms with van der Waals surface area (Å²) in [7, 11) is 0. The zero-order valence-electron chi connectivity index (χ0n) is 12.3. The molecule has 0 fully saturated rings. The molecule has 6 heteroatoms. The number of hydrogen-bond acceptors (Lipinski definition) is 3. The summed E-state index contributed by atoms with van der Waals surface area (Å²) < 4.78 is 1.85. The van der Waals surface area contributed by atoms with Crippen molar-refractivity contribution in [1.82, 2.24) is 14.8 Å². The third kappa shape index (κ3) is 4.40. The van der Waals surface area contributed by atoms with Gasteiger partial charge in [0.2, 0.25) is 5.91 Å². The quantitative estimate of drug-likeness (QED) is 0.733. The van der Waals surface area contributed by atoms with E-state index in [1.165, 1.54) is 0 Å². The maximum atomic E-state index is 12.0.